The van der Waals surface area contributed by atoms with E-state index in [1.165, 1.54) is 34.6 Å². The second-order valence-corrected chi connectivity index (χ2v) is 39.6. The zero-order chi connectivity index (χ0) is 102. The minimum Gasteiger partial charge on any atom is -0.506 e. The average Bonchev–Trinajstić information content (AvgIpc) is 0.668. The first-order valence-corrected chi connectivity index (χ1v) is 45.3. The quantitative estimate of drug-likeness (QED) is 0.00885. The van der Waals surface area contributed by atoms with Crippen LogP contribution < -0.4 is 5.32 Å². The highest BCUT2D eigenvalue weighted by atomic mass is 16.8. The van der Waals surface area contributed by atoms with Crippen LogP contribution in [0.4, 0.5) is 0 Å². The van der Waals surface area contributed by atoms with Crippen molar-refractivity contribution >= 4 is 24.1 Å². The molecule has 3 heterocycles. The highest BCUT2D eigenvalue weighted by molar-refractivity contribution is 5.80. The first-order chi connectivity index (χ1) is 62.6. The number of allylic oxidation sites excluding steroid dienone is 2. The SMILES string of the molecule is CC(=O)OC1C(C)OC(OC2C(C)OC(OC(=O)[C@]34CCC(C)(C)CC3C3=CCC5[C@@]6(C)CC[C@H](OC(CO)(OC(O)C(O)C(O)C(O)CCO)C(OC(O)C(O)C(O)C(C)O)C(O)CC(=O)NC(C)(CO)CO)[C@@](C)(C=O)C6CC[C@@]5(C)[C@]3(C)C[C@H]4O)C(OC3OC(C)C(OC(O)/C(O)=C(/OC(O)/C(O)=C(/O)C(O)CCO)C(C)O)C(O)C3O)C2O)C(O)C1OC(O)C(O)C(O)C(C)O. The summed E-state index contributed by atoms with van der Waals surface area (Å²) in [5.41, 5.74) is -8.40. The largest absolute Gasteiger partial charge is 0.506 e. The molecule has 3 saturated heterocycles. The van der Waals surface area contributed by atoms with Gasteiger partial charge in [0.2, 0.25) is 30.0 Å². The van der Waals surface area contributed by atoms with Crippen molar-refractivity contribution in [3.63, 3.8) is 0 Å². The Morgan fingerprint density at radius 2 is 1.12 bits per heavy atom. The molecule has 8 rings (SSSR count). The van der Waals surface area contributed by atoms with Crippen LogP contribution in [0.3, 0.4) is 0 Å². The molecule has 5 aliphatic carbocycles. The fourth-order valence-electron chi connectivity index (χ4n) is 21.3. The third-order valence-corrected chi connectivity index (χ3v) is 29.5. The van der Waals surface area contributed by atoms with E-state index < -0.39 is 370 Å². The summed E-state index contributed by atoms with van der Waals surface area (Å²) >= 11 is 0. The van der Waals surface area contributed by atoms with Crippen molar-refractivity contribution < 1.29 is 234 Å². The molecule has 4 saturated carbocycles. The molecule has 44 atom stereocenters. The van der Waals surface area contributed by atoms with Crippen LogP contribution >= 0.6 is 0 Å². The maximum atomic E-state index is 16.4. The molecule has 48 nitrogen and oxygen atoms in total. The fourth-order valence-corrected chi connectivity index (χ4v) is 21.3. The van der Waals surface area contributed by atoms with Gasteiger partial charge in [-0.05, 0) is 152 Å². The van der Waals surface area contributed by atoms with E-state index >= 15 is 4.79 Å². The Morgan fingerprint density at radius 1 is 0.563 bits per heavy atom. The minimum absolute atomic E-state index is 0.0839. The number of aldehydes is 1. The molecule has 7 fully saturated rings. The number of amides is 1. The highest BCUT2D eigenvalue weighted by Gasteiger charge is 2.74. The first kappa shape index (κ1) is 115. The summed E-state index contributed by atoms with van der Waals surface area (Å²) in [4.78, 5) is 57.4. The Hall–Kier alpha value is -4.98. The Labute approximate surface area is 779 Å². The van der Waals surface area contributed by atoms with Gasteiger partial charge in [0.25, 0.3) is 6.29 Å². The number of nitrogens with one attached hydrogen (secondary N) is 1. The number of hydrogen-bond donors (Lipinski definition) is 31. The number of hydrogen-bond acceptors (Lipinski definition) is 47. The predicted octanol–water partition coefficient (Wildman–Crippen LogP) is -7.78. The Kier molecular flexibility index (Phi) is 39.4. The Morgan fingerprint density at radius 3 is 1.67 bits per heavy atom. The average molecular weight is 1960 g/mol. The molecule has 31 N–H and O–H groups in total. The van der Waals surface area contributed by atoms with E-state index in [0.29, 0.717) is 6.29 Å². The molecule has 0 aromatic rings. The smallest absolute Gasteiger partial charge is 0.317 e. The Balaban J connectivity index is 1.17. The van der Waals surface area contributed by atoms with Gasteiger partial charge in [-0.2, -0.15) is 0 Å². The number of carbonyl (C=O) groups excluding carboxylic acids is 4. The van der Waals surface area contributed by atoms with Gasteiger partial charge >= 0.3 is 11.9 Å². The van der Waals surface area contributed by atoms with Gasteiger partial charge in [-0.1, -0.05) is 53.2 Å². The molecule has 37 unspecified atom stereocenters. The molecule has 0 aromatic carbocycles. The lowest BCUT2D eigenvalue weighted by molar-refractivity contribution is -0.407. The number of aliphatic hydroxyl groups is 30. The lowest BCUT2D eigenvalue weighted by atomic mass is 9.33. The second kappa shape index (κ2) is 46.2. The molecule has 0 aromatic heterocycles. The molecular weight excluding hydrogens is 1810 g/mol. The third kappa shape index (κ3) is 23.9. The van der Waals surface area contributed by atoms with Gasteiger partial charge in [-0.25, -0.2) is 0 Å². The van der Waals surface area contributed by atoms with Crippen LogP contribution in [-0.4, -0.2) is 437 Å². The van der Waals surface area contributed by atoms with Gasteiger partial charge in [0.1, 0.15) is 116 Å². The number of carbonyl (C=O) groups is 4. The van der Waals surface area contributed by atoms with E-state index in [9.17, 15) is 168 Å². The minimum atomic E-state index is -3.34. The van der Waals surface area contributed by atoms with Crippen LogP contribution in [0.25, 0.3) is 0 Å². The topological polar surface area (TPSA) is 807 Å². The van der Waals surface area contributed by atoms with Crippen LogP contribution in [-0.2, 0) is 80.8 Å². The molecule has 0 bridgehead atoms. The van der Waals surface area contributed by atoms with Crippen molar-refractivity contribution in [2.75, 3.05) is 33.0 Å². The number of fused-ring (bicyclic) bond motifs is 7. The molecule has 135 heavy (non-hydrogen) atoms. The van der Waals surface area contributed by atoms with Gasteiger partial charge in [0.05, 0.1) is 85.5 Å². The van der Waals surface area contributed by atoms with Crippen molar-refractivity contribution in [2.45, 2.75) is 400 Å². The molecule has 0 spiro atoms. The van der Waals surface area contributed by atoms with E-state index in [2.05, 4.69) is 5.32 Å². The summed E-state index contributed by atoms with van der Waals surface area (Å²) in [7, 11) is 0. The monoisotopic (exact) mass is 1960 g/mol. The van der Waals surface area contributed by atoms with Gasteiger partial charge < -0.3 is 225 Å². The highest BCUT2D eigenvalue weighted by Crippen LogP contribution is 2.76. The van der Waals surface area contributed by atoms with Crippen LogP contribution in [0, 0.1) is 50.2 Å². The normalized spacial score (nSPS) is 38.7. The van der Waals surface area contributed by atoms with E-state index in [4.69, 9.17) is 61.6 Å². The number of rotatable bonds is 45. The molecular formula is C87H147NO47. The van der Waals surface area contributed by atoms with Crippen LogP contribution in [0.5, 0.6) is 0 Å². The van der Waals surface area contributed by atoms with E-state index in [-0.39, 0.29) is 57.8 Å². The number of esters is 2. The van der Waals surface area contributed by atoms with Crippen LogP contribution in [0.2, 0.25) is 0 Å². The summed E-state index contributed by atoms with van der Waals surface area (Å²) in [6.45, 7) is 15.4. The summed E-state index contributed by atoms with van der Waals surface area (Å²) in [5.74, 6) is -14.2. The Bertz CT molecular complexity index is 3950. The van der Waals surface area contributed by atoms with Crippen LogP contribution in [0.15, 0.2) is 34.7 Å². The van der Waals surface area contributed by atoms with Gasteiger partial charge in [-0.15, -0.1) is 0 Å². The van der Waals surface area contributed by atoms with E-state index in [0.717, 1.165) is 33.3 Å². The number of aliphatic hydroxyl groups excluding tert-OH is 30. The van der Waals surface area contributed by atoms with Crippen molar-refractivity contribution in [1.82, 2.24) is 5.32 Å². The predicted molar refractivity (Wildman–Crippen MR) is 451 cm³/mol. The van der Waals surface area contributed by atoms with Crippen LogP contribution in [0.1, 0.15) is 174 Å². The molecule has 0 radical (unpaired) electrons. The van der Waals surface area contributed by atoms with E-state index in [1.807, 2.05) is 40.7 Å². The molecule has 3 aliphatic heterocycles. The summed E-state index contributed by atoms with van der Waals surface area (Å²) in [6.07, 6.45) is -74.5. The third-order valence-electron chi connectivity index (χ3n) is 29.5. The summed E-state index contributed by atoms with van der Waals surface area (Å²) in [6, 6.07) is 0. The molecule has 782 valence electrons. The lowest BCUT2D eigenvalue weighted by Crippen LogP contribution is -2.69. The van der Waals surface area contributed by atoms with Crippen molar-refractivity contribution in [2.24, 2.45) is 50.2 Å². The molecule has 8 aliphatic rings. The zero-order valence-corrected chi connectivity index (χ0v) is 78.0. The number of ether oxygens (including phenoxy) is 13. The second-order valence-electron chi connectivity index (χ2n) is 39.6. The zero-order valence-electron chi connectivity index (χ0n) is 78.0. The maximum absolute atomic E-state index is 16.4. The summed E-state index contributed by atoms with van der Waals surface area (Å²) < 4.78 is 78.0. The molecule has 48 heteroatoms. The standard InChI is InChI=1S/C87H147NO47/c1-34(95)51(104)56(109)71(117)129-68-63(116)77(124-39(6)67(68)126-40(7)98)130-66-38(5)125-78(69(61(66)114)131-76-60(113)55(108)65(37(4)123-76)128-74(120)62(115)64(36(3)97)127-72(118)58(111)53(106)43(99)19-25-89)133-79(122)86-24-23-80(8,9)28-42(86)41-15-16-47-82(11)21-18-49(83(12,32-93)46(82)17-22-84(47,13)85(41,14)29-48(86)102)134-87(33-94,135-75(121)59(112)54(107)44(100)20-26-90)70(132-73(119)57(110)52(105)35(2)96)45(101)27-50(103)88-81(10,30-91)31-92/h15,32,34-39,42-49,51-52,54-57,59-61,63,65-78,89-92,94-97,99-102,104-121H,16-31,33H2,1-14H3,(H,88,103)/b58-53-,64-62-/t34?,35?,36?,37?,38?,39?,42?,43?,44?,45?,46?,47?,48-,49+,51?,52?,54?,55?,56?,57?,59?,60?,61?,63?,65?,66?,67?,68?,69?,70?,71?,72?,73?,74?,75?,76?,77?,78?,82+,83+,84-,85-,86-,87?/m1/s1. The fraction of sp³-hybridized carbons (Fsp3) is 0.885. The summed E-state index contributed by atoms with van der Waals surface area (Å²) in [5, 5.41) is 334. The first-order valence-electron chi connectivity index (χ1n) is 45.3. The van der Waals surface area contributed by atoms with Crippen molar-refractivity contribution in [3.8, 4) is 0 Å². The maximum Gasteiger partial charge on any atom is 0.317 e. The lowest BCUT2D eigenvalue weighted by Gasteiger charge is -2.71. The van der Waals surface area contributed by atoms with Crippen molar-refractivity contribution in [1.29, 1.82) is 0 Å². The van der Waals surface area contributed by atoms with E-state index in [1.54, 1.807) is 0 Å². The molecule has 1 amide bonds. The van der Waals surface area contributed by atoms with Gasteiger partial charge in [0, 0.05) is 26.6 Å². The van der Waals surface area contributed by atoms with Gasteiger partial charge in [0.15, 0.2) is 60.9 Å². The van der Waals surface area contributed by atoms with Crippen molar-refractivity contribution in [3.05, 3.63) is 34.7 Å². The van der Waals surface area contributed by atoms with Gasteiger partial charge in [-0.3, -0.25) is 14.4 Å².